The van der Waals surface area contributed by atoms with Crippen LogP contribution in [0.4, 0.5) is 11.4 Å². The van der Waals surface area contributed by atoms with Gasteiger partial charge in [0.15, 0.2) is 0 Å². The minimum atomic E-state index is -0.499. The lowest BCUT2D eigenvalue weighted by Crippen LogP contribution is -2.23. The highest BCUT2D eigenvalue weighted by molar-refractivity contribution is 6.16. The first kappa shape index (κ1) is 23.5. The Balaban J connectivity index is 1.27. The number of nitrogens with one attached hydrogen (secondary N) is 2. The Hall–Kier alpha value is -5.19. The van der Waals surface area contributed by atoms with E-state index in [0.717, 1.165) is 21.8 Å². The highest BCUT2D eigenvalue weighted by Crippen LogP contribution is 2.26. The molecule has 0 aliphatic rings. The van der Waals surface area contributed by atoms with Crippen molar-refractivity contribution in [3.8, 4) is 0 Å². The number of para-hydroxylation sites is 2. The predicted octanol–water partition coefficient (Wildman–Crippen LogP) is 3.76. The molecule has 0 aliphatic carbocycles. The van der Waals surface area contributed by atoms with E-state index in [1.807, 2.05) is 48.5 Å². The van der Waals surface area contributed by atoms with Crippen molar-refractivity contribution in [2.45, 2.75) is 20.0 Å². The fourth-order valence-electron chi connectivity index (χ4n) is 4.13. The number of fused-ring (bicyclic) bond motifs is 2. The first-order valence-electron chi connectivity index (χ1n) is 11.4. The second kappa shape index (κ2) is 9.82. The summed E-state index contributed by atoms with van der Waals surface area (Å²) >= 11 is 0. The molecule has 0 atom stereocenters. The number of carbonyl (C=O) groups is 2. The minimum absolute atomic E-state index is 0.0775. The van der Waals surface area contributed by atoms with E-state index in [-0.39, 0.29) is 24.7 Å². The van der Waals surface area contributed by atoms with Gasteiger partial charge in [-0.1, -0.05) is 47.7 Å². The summed E-state index contributed by atoms with van der Waals surface area (Å²) in [6, 6.07) is 19.4. The molecule has 0 bridgehead atoms. The number of anilines is 1. The Morgan fingerprint density at radius 3 is 2.32 bits per heavy atom. The molecular weight excluding hydrogens is 474 g/mol. The summed E-state index contributed by atoms with van der Waals surface area (Å²) in [6.45, 7) is 1.53. The summed E-state index contributed by atoms with van der Waals surface area (Å²) in [4.78, 5) is 41.0. The summed E-state index contributed by atoms with van der Waals surface area (Å²) in [5.41, 5.74) is 3.08. The molecule has 2 aromatic heterocycles. The Bertz CT molecular complexity index is 1620. The molecule has 0 aliphatic heterocycles. The molecule has 5 aromatic rings. The summed E-state index contributed by atoms with van der Waals surface area (Å²) < 4.78 is 1.33. The number of pyridine rings is 1. The van der Waals surface area contributed by atoms with Gasteiger partial charge in [0.1, 0.15) is 12.2 Å². The first-order valence-corrected chi connectivity index (χ1v) is 11.4. The largest absolute Gasteiger partial charge is 0.346 e. The van der Waals surface area contributed by atoms with Crippen LogP contribution in [0.25, 0.3) is 21.8 Å². The molecule has 3 aromatic carbocycles. The number of amides is 2. The van der Waals surface area contributed by atoms with Crippen molar-refractivity contribution >= 4 is 45.0 Å². The number of carbonyl (C=O) groups excluding carboxylic acids is 2. The van der Waals surface area contributed by atoms with Crippen molar-refractivity contribution in [3.05, 3.63) is 99.9 Å². The van der Waals surface area contributed by atoms with Gasteiger partial charge in [-0.3, -0.25) is 19.7 Å². The van der Waals surface area contributed by atoms with Crippen molar-refractivity contribution in [2.75, 3.05) is 5.32 Å². The van der Waals surface area contributed by atoms with Crippen molar-refractivity contribution < 1.29 is 14.5 Å². The average molecular weight is 495 g/mol. The fraction of sp³-hybridized carbons (Fsp3) is 0.115. The van der Waals surface area contributed by atoms with Gasteiger partial charge in [-0.2, -0.15) is 0 Å². The molecule has 184 valence electrons. The lowest BCUT2D eigenvalue weighted by molar-refractivity contribution is -0.385. The Morgan fingerprint density at radius 2 is 1.65 bits per heavy atom. The molecule has 0 saturated carbocycles. The van der Waals surface area contributed by atoms with Gasteiger partial charge in [-0.25, -0.2) is 9.67 Å². The molecule has 0 spiro atoms. The molecule has 11 nitrogen and oxygen atoms in total. The normalized spacial score (nSPS) is 10.9. The molecule has 5 rings (SSSR count). The topological polar surface area (TPSA) is 145 Å². The number of nitrogens with zero attached hydrogens (tertiary/aromatic N) is 5. The van der Waals surface area contributed by atoms with Crippen LogP contribution in [0.1, 0.15) is 21.6 Å². The number of rotatable bonds is 7. The lowest BCUT2D eigenvalue weighted by atomic mass is 10.0. The van der Waals surface area contributed by atoms with E-state index < -0.39 is 10.8 Å². The maximum Gasteiger partial charge on any atom is 0.274 e. The van der Waals surface area contributed by atoms with Crippen molar-refractivity contribution in [2.24, 2.45) is 0 Å². The molecule has 11 heteroatoms. The standard InChI is InChI=1S/C26H21N7O4/c1-16-20(11-6-12-23(16)33(36)37)29-24(34)15-32-14-17(30-31-32)13-27-26(35)25-18-7-2-4-9-21(18)28-22-10-5-3-8-19(22)25/h2-12,14H,13,15H2,1H3,(H,27,35)(H,29,34). The van der Waals surface area contributed by atoms with Crippen molar-refractivity contribution in [1.29, 1.82) is 0 Å². The second-order valence-electron chi connectivity index (χ2n) is 8.37. The number of aromatic nitrogens is 4. The lowest BCUT2D eigenvalue weighted by Gasteiger charge is -2.10. The van der Waals surface area contributed by atoms with E-state index in [2.05, 4.69) is 25.9 Å². The average Bonchev–Trinajstić information content (AvgIpc) is 3.33. The Labute approximate surface area is 210 Å². The van der Waals surface area contributed by atoms with Gasteiger partial charge in [0, 0.05) is 16.8 Å². The monoisotopic (exact) mass is 495 g/mol. The number of hydrogen-bond acceptors (Lipinski definition) is 7. The number of benzene rings is 3. The Morgan fingerprint density at radius 1 is 0.973 bits per heavy atom. The third-order valence-electron chi connectivity index (χ3n) is 5.91. The van der Waals surface area contributed by atoms with E-state index >= 15 is 0 Å². The van der Waals surface area contributed by atoms with Crippen LogP contribution in [0.5, 0.6) is 0 Å². The molecular formula is C26H21N7O4. The van der Waals surface area contributed by atoms with Crippen LogP contribution in [-0.4, -0.2) is 36.7 Å². The van der Waals surface area contributed by atoms with E-state index in [1.54, 1.807) is 19.2 Å². The van der Waals surface area contributed by atoms with Gasteiger partial charge < -0.3 is 10.6 Å². The smallest absolute Gasteiger partial charge is 0.274 e. The van der Waals surface area contributed by atoms with E-state index in [1.165, 1.54) is 16.8 Å². The van der Waals surface area contributed by atoms with Crippen molar-refractivity contribution in [1.82, 2.24) is 25.3 Å². The zero-order valence-electron chi connectivity index (χ0n) is 19.7. The summed E-state index contributed by atoms with van der Waals surface area (Å²) in [5.74, 6) is -0.693. The summed E-state index contributed by atoms with van der Waals surface area (Å²) in [5, 5.41) is 26.1. The van der Waals surface area contributed by atoms with Crippen LogP contribution in [0.2, 0.25) is 0 Å². The van der Waals surface area contributed by atoms with Crippen molar-refractivity contribution in [3.63, 3.8) is 0 Å². The molecule has 2 N–H and O–H groups in total. The SMILES string of the molecule is Cc1c(NC(=O)Cn2cc(CNC(=O)c3c4ccccc4nc4ccccc34)nn2)cccc1[N+](=O)[O-]. The van der Waals surface area contributed by atoms with E-state index in [4.69, 9.17) is 0 Å². The maximum atomic E-state index is 13.2. The second-order valence-corrected chi connectivity index (χ2v) is 8.37. The Kier molecular flexibility index (Phi) is 6.25. The molecule has 0 radical (unpaired) electrons. The molecule has 0 fully saturated rings. The van der Waals surface area contributed by atoms with E-state index in [9.17, 15) is 19.7 Å². The highest BCUT2D eigenvalue weighted by atomic mass is 16.6. The molecule has 2 amide bonds. The summed E-state index contributed by atoms with van der Waals surface area (Å²) in [7, 11) is 0. The first-order chi connectivity index (χ1) is 17.9. The molecule has 0 unspecified atom stereocenters. The quantitative estimate of drug-likeness (QED) is 0.199. The number of nitro benzene ring substituents is 1. The van der Waals surface area contributed by atoms with Gasteiger partial charge >= 0.3 is 0 Å². The fourth-order valence-corrected chi connectivity index (χ4v) is 4.13. The van der Waals surface area contributed by atoms with Gasteiger partial charge in [0.2, 0.25) is 5.91 Å². The third kappa shape index (κ3) is 4.82. The minimum Gasteiger partial charge on any atom is -0.346 e. The predicted molar refractivity (Wildman–Crippen MR) is 137 cm³/mol. The molecule has 0 saturated heterocycles. The zero-order valence-corrected chi connectivity index (χ0v) is 19.7. The van der Waals surface area contributed by atoms with Crippen LogP contribution in [0, 0.1) is 17.0 Å². The van der Waals surface area contributed by atoms with Gasteiger partial charge in [0.25, 0.3) is 11.6 Å². The summed E-state index contributed by atoms with van der Waals surface area (Å²) in [6.07, 6.45) is 1.56. The highest BCUT2D eigenvalue weighted by Gasteiger charge is 2.17. The zero-order chi connectivity index (χ0) is 25.9. The van der Waals surface area contributed by atoms with Gasteiger partial charge in [-0.15, -0.1) is 5.10 Å². The maximum absolute atomic E-state index is 13.2. The molecule has 37 heavy (non-hydrogen) atoms. The molecule has 2 heterocycles. The van der Waals surface area contributed by atoms with Gasteiger partial charge in [0.05, 0.1) is 45.5 Å². The van der Waals surface area contributed by atoms with Gasteiger partial charge in [-0.05, 0) is 25.1 Å². The van der Waals surface area contributed by atoms with Crippen LogP contribution in [0.3, 0.4) is 0 Å². The number of hydrogen-bond donors (Lipinski definition) is 2. The van der Waals surface area contributed by atoms with Crippen LogP contribution in [0.15, 0.2) is 72.9 Å². The third-order valence-corrected chi connectivity index (χ3v) is 5.91. The van der Waals surface area contributed by atoms with E-state index in [0.29, 0.717) is 22.5 Å². The number of nitro groups is 1. The van der Waals surface area contributed by atoms with Crippen LogP contribution >= 0.6 is 0 Å². The van der Waals surface area contributed by atoms with Crippen LogP contribution < -0.4 is 10.6 Å². The van der Waals surface area contributed by atoms with Crippen LogP contribution in [-0.2, 0) is 17.9 Å².